The number of hydrogen-bond donors (Lipinski definition) is 2. The minimum atomic E-state index is -4.52. The van der Waals surface area contributed by atoms with Gasteiger partial charge in [-0.2, -0.15) is 13.2 Å². The molecule has 5 nitrogen and oxygen atoms in total. The lowest BCUT2D eigenvalue weighted by Crippen LogP contribution is -2.24. The van der Waals surface area contributed by atoms with Crippen LogP contribution in [0.2, 0.25) is 0 Å². The smallest absolute Gasteiger partial charge is 0.416 e. The van der Waals surface area contributed by atoms with Crippen molar-refractivity contribution in [2.45, 2.75) is 6.18 Å². The third kappa shape index (κ3) is 5.78. The number of hydrogen-bond acceptors (Lipinski definition) is 3. The molecule has 2 rings (SSSR count). The van der Waals surface area contributed by atoms with Crippen molar-refractivity contribution in [2.75, 3.05) is 13.2 Å². The fourth-order valence-corrected chi connectivity index (χ4v) is 2.09. The molecule has 8 heteroatoms. The normalized spacial score (nSPS) is 10.5. The number of amides is 2. The summed E-state index contributed by atoms with van der Waals surface area (Å²) in [7, 11) is 0. The van der Waals surface area contributed by atoms with E-state index in [1.165, 1.54) is 12.1 Å². The van der Waals surface area contributed by atoms with Crippen molar-refractivity contribution in [3.8, 4) is 17.6 Å². The summed E-state index contributed by atoms with van der Waals surface area (Å²) in [6.45, 7) is -0.125. The monoisotopic (exact) mass is 376 g/mol. The molecule has 0 saturated carbocycles. The van der Waals surface area contributed by atoms with Crippen LogP contribution in [0.1, 0.15) is 26.3 Å². The first-order chi connectivity index (χ1) is 12.8. The lowest BCUT2D eigenvalue weighted by atomic mass is 10.1. The van der Waals surface area contributed by atoms with Gasteiger partial charge in [-0.25, -0.2) is 0 Å². The Morgan fingerprint density at radius 1 is 1.07 bits per heavy atom. The zero-order valence-electron chi connectivity index (χ0n) is 14.0. The highest BCUT2D eigenvalue weighted by molar-refractivity contribution is 5.95. The van der Waals surface area contributed by atoms with E-state index in [4.69, 9.17) is 10.5 Å². The molecule has 27 heavy (non-hydrogen) atoms. The standard InChI is InChI=1S/C19H15F3N2O3/c20-19(21,22)14-7-5-6-13(12-14)18(26)24-10-3-4-11-27-16-9-2-1-8-15(16)17(23)25/h1-2,5-9,12H,10-11H2,(H2,23,25)(H,24,26). The number of benzene rings is 2. The number of ether oxygens (including phenoxy) is 1. The molecule has 0 heterocycles. The Hall–Kier alpha value is -3.47. The molecule has 2 aromatic carbocycles. The number of nitrogens with two attached hydrogens (primary N) is 1. The average Bonchev–Trinajstić information content (AvgIpc) is 2.64. The van der Waals surface area contributed by atoms with Crippen molar-refractivity contribution in [3.63, 3.8) is 0 Å². The molecular formula is C19H15F3N2O3. The van der Waals surface area contributed by atoms with E-state index in [0.717, 1.165) is 18.2 Å². The minimum Gasteiger partial charge on any atom is -0.480 e. The average molecular weight is 376 g/mol. The second kappa shape index (κ2) is 8.76. The molecule has 0 unspecified atom stereocenters. The SMILES string of the molecule is NC(=O)c1ccccc1OCC#CCNC(=O)c1cccc(C(F)(F)F)c1. The molecule has 0 aliphatic rings. The van der Waals surface area contributed by atoms with Crippen LogP contribution >= 0.6 is 0 Å². The van der Waals surface area contributed by atoms with Crippen LogP contribution in [0.4, 0.5) is 13.2 Å². The molecule has 0 spiro atoms. The van der Waals surface area contributed by atoms with Crippen molar-refractivity contribution in [3.05, 3.63) is 65.2 Å². The first-order valence-electron chi connectivity index (χ1n) is 7.72. The second-order valence-corrected chi connectivity index (χ2v) is 5.26. The number of primary amides is 1. The van der Waals surface area contributed by atoms with Crippen LogP contribution in [-0.4, -0.2) is 25.0 Å². The van der Waals surface area contributed by atoms with Crippen LogP contribution in [0.3, 0.4) is 0 Å². The highest BCUT2D eigenvalue weighted by Gasteiger charge is 2.30. The first-order valence-corrected chi connectivity index (χ1v) is 7.72. The third-order valence-corrected chi connectivity index (χ3v) is 3.37. The Labute approximate surface area is 153 Å². The van der Waals surface area contributed by atoms with Crippen LogP contribution in [0, 0.1) is 11.8 Å². The maximum absolute atomic E-state index is 12.6. The summed E-state index contributed by atoms with van der Waals surface area (Å²) in [5.41, 5.74) is 4.43. The molecule has 2 amide bonds. The first kappa shape index (κ1) is 19.8. The summed E-state index contributed by atoms with van der Waals surface area (Å²) in [6, 6.07) is 10.5. The summed E-state index contributed by atoms with van der Waals surface area (Å²) in [6.07, 6.45) is -4.52. The Morgan fingerprint density at radius 3 is 2.52 bits per heavy atom. The predicted molar refractivity (Wildman–Crippen MR) is 92.0 cm³/mol. The summed E-state index contributed by atoms with van der Waals surface area (Å²) in [5.74, 6) is 4.21. The molecule has 2 aromatic rings. The van der Waals surface area contributed by atoms with Gasteiger partial charge in [0.05, 0.1) is 17.7 Å². The number of carbonyl (C=O) groups excluding carboxylic acids is 2. The number of alkyl halides is 3. The van der Waals surface area contributed by atoms with Gasteiger partial charge in [0.2, 0.25) is 0 Å². The number of carbonyl (C=O) groups is 2. The maximum Gasteiger partial charge on any atom is 0.416 e. The number of halogens is 3. The van der Waals surface area contributed by atoms with Gasteiger partial charge in [0.15, 0.2) is 0 Å². The predicted octanol–water partition coefficient (Wildman–Crippen LogP) is 2.62. The summed E-state index contributed by atoms with van der Waals surface area (Å²) < 4.78 is 43.3. The van der Waals surface area contributed by atoms with Crippen molar-refractivity contribution in [1.82, 2.24) is 5.32 Å². The van der Waals surface area contributed by atoms with Gasteiger partial charge >= 0.3 is 6.18 Å². The van der Waals surface area contributed by atoms with E-state index >= 15 is 0 Å². The van der Waals surface area contributed by atoms with Gasteiger partial charge in [0.1, 0.15) is 12.4 Å². The fourth-order valence-electron chi connectivity index (χ4n) is 2.09. The van der Waals surface area contributed by atoms with Gasteiger partial charge in [-0.15, -0.1) is 0 Å². The molecule has 0 aliphatic heterocycles. The molecule has 3 N–H and O–H groups in total. The van der Waals surface area contributed by atoms with E-state index in [1.807, 2.05) is 0 Å². The van der Waals surface area contributed by atoms with E-state index in [9.17, 15) is 22.8 Å². The van der Waals surface area contributed by atoms with Crippen molar-refractivity contribution in [2.24, 2.45) is 5.73 Å². The van der Waals surface area contributed by atoms with E-state index in [0.29, 0.717) is 0 Å². The van der Waals surface area contributed by atoms with Crippen molar-refractivity contribution in [1.29, 1.82) is 0 Å². The van der Waals surface area contributed by atoms with E-state index < -0.39 is 23.6 Å². The van der Waals surface area contributed by atoms with Gasteiger partial charge in [0.25, 0.3) is 11.8 Å². The Kier molecular flexibility index (Phi) is 6.44. The largest absolute Gasteiger partial charge is 0.480 e. The number of rotatable bonds is 5. The molecule has 140 valence electrons. The third-order valence-electron chi connectivity index (χ3n) is 3.37. The Balaban J connectivity index is 1.86. The zero-order chi connectivity index (χ0) is 19.9. The fraction of sp³-hybridized carbons (Fsp3) is 0.158. The maximum atomic E-state index is 12.6. The highest BCUT2D eigenvalue weighted by atomic mass is 19.4. The number of para-hydroxylation sites is 1. The highest BCUT2D eigenvalue weighted by Crippen LogP contribution is 2.29. The van der Waals surface area contributed by atoms with E-state index in [1.54, 1.807) is 18.2 Å². The van der Waals surface area contributed by atoms with Gasteiger partial charge in [0, 0.05) is 5.56 Å². The van der Waals surface area contributed by atoms with Crippen LogP contribution in [0.5, 0.6) is 5.75 Å². The molecule has 0 aromatic heterocycles. The Bertz CT molecular complexity index is 899. The molecule has 0 bridgehead atoms. The topological polar surface area (TPSA) is 81.4 Å². The zero-order valence-corrected chi connectivity index (χ0v) is 14.0. The lowest BCUT2D eigenvalue weighted by molar-refractivity contribution is -0.137. The van der Waals surface area contributed by atoms with Gasteiger partial charge in [-0.3, -0.25) is 9.59 Å². The number of nitrogens with one attached hydrogen (secondary N) is 1. The molecule has 0 saturated heterocycles. The molecule has 0 aliphatic carbocycles. The van der Waals surface area contributed by atoms with E-state index in [2.05, 4.69) is 17.2 Å². The van der Waals surface area contributed by atoms with Crippen molar-refractivity contribution < 1.29 is 27.5 Å². The van der Waals surface area contributed by atoms with E-state index in [-0.39, 0.29) is 30.0 Å². The molecule has 0 fully saturated rings. The Morgan fingerprint density at radius 2 is 1.81 bits per heavy atom. The molecule has 0 atom stereocenters. The lowest BCUT2D eigenvalue weighted by Gasteiger charge is -2.08. The molecular weight excluding hydrogens is 361 g/mol. The van der Waals surface area contributed by atoms with Crippen molar-refractivity contribution >= 4 is 11.8 Å². The second-order valence-electron chi connectivity index (χ2n) is 5.26. The van der Waals surface area contributed by atoms with Gasteiger partial charge in [-0.1, -0.05) is 30.0 Å². The van der Waals surface area contributed by atoms with Gasteiger partial charge in [-0.05, 0) is 30.3 Å². The van der Waals surface area contributed by atoms with Crippen LogP contribution in [-0.2, 0) is 6.18 Å². The van der Waals surface area contributed by atoms with Gasteiger partial charge < -0.3 is 15.8 Å². The van der Waals surface area contributed by atoms with Crippen LogP contribution in [0.25, 0.3) is 0 Å². The quantitative estimate of drug-likeness (QED) is 0.787. The minimum absolute atomic E-state index is 0.0519. The van der Waals surface area contributed by atoms with Crippen LogP contribution < -0.4 is 15.8 Å². The summed E-state index contributed by atoms with van der Waals surface area (Å²) >= 11 is 0. The summed E-state index contributed by atoms with van der Waals surface area (Å²) in [5, 5.41) is 2.40. The summed E-state index contributed by atoms with van der Waals surface area (Å²) in [4.78, 5) is 23.1. The molecule has 0 radical (unpaired) electrons. The van der Waals surface area contributed by atoms with Crippen LogP contribution in [0.15, 0.2) is 48.5 Å².